The Balaban J connectivity index is 0.850. The number of nitrogens with one attached hydrogen (secondary N) is 4. The van der Waals surface area contributed by atoms with Crippen LogP contribution in [0.25, 0.3) is 0 Å². The summed E-state index contributed by atoms with van der Waals surface area (Å²) in [5.74, 6) is -0.899. The summed E-state index contributed by atoms with van der Waals surface area (Å²) in [5.41, 5.74) is -1.73. The molecule has 0 spiro atoms. The van der Waals surface area contributed by atoms with E-state index in [1.165, 1.54) is 12.2 Å². The molecule has 73 heavy (non-hydrogen) atoms. The fourth-order valence-corrected chi connectivity index (χ4v) is 12.7. The third-order valence-electron chi connectivity index (χ3n) is 16.2. The van der Waals surface area contributed by atoms with Crippen LogP contribution in [0.4, 0.5) is 30.6 Å². The van der Waals surface area contributed by atoms with Gasteiger partial charge in [-0.25, -0.2) is 19.5 Å². The first-order valence-corrected chi connectivity index (χ1v) is 24.2. The normalized spacial score (nSPS) is 29.1. The molecule has 3 aromatic carbocycles. The second-order valence-corrected chi connectivity index (χ2v) is 20.3. The van der Waals surface area contributed by atoms with Gasteiger partial charge in [-0.15, -0.1) is 0 Å². The van der Waals surface area contributed by atoms with Crippen LogP contribution in [0, 0.1) is 34.0 Å². The van der Waals surface area contributed by atoms with E-state index in [4.69, 9.17) is 15.7 Å². The molecule has 3 aromatic rings. The number of hydrogen-bond acceptors (Lipinski definition) is 13. The van der Waals surface area contributed by atoms with Crippen LogP contribution in [0.5, 0.6) is 0 Å². The maximum atomic E-state index is 17.8. The van der Waals surface area contributed by atoms with E-state index < -0.39 is 114 Å². The minimum Gasteiger partial charge on any atom is -0.481 e. The van der Waals surface area contributed by atoms with Gasteiger partial charge in [0, 0.05) is 47.9 Å². The van der Waals surface area contributed by atoms with Crippen LogP contribution in [0.2, 0.25) is 0 Å². The van der Waals surface area contributed by atoms with E-state index in [9.17, 15) is 43.8 Å². The third kappa shape index (κ3) is 10.00. The van der Waals surface area contributed by atoms with Crippen molar-refractivity contribution >= 4 is 58.4 Å². The number of hydrogen-bond donors (Lipinski definition) is 8. The lowest BCUT2D eigenvalue weighted by molar-refractivity contribution is -0.210. The number of ether oxygens (including phenoxy) is 1. The van der Waals surface area contributed by atoms with Crippen LogP contribution in [0.15, 0.2) is 96.6 Å². The topological polar surface area (TPSA) is 276 Å². The van der Waals surface area contributed by atoms with E-state index in [-0.39, 0.29) is 49.7 Å². The van der Waals surface area contributed by atoms with Crippen molar-refractivity contribution in [1.29, 1.82) is 0 Å². The van der Waals surface area contributed by atoms with Crippen molar-refractivity contribution in [2.45, 2.75) is 83.0 Å². The number of aliphatic hydroxyl groups excluding tert-OH is 2. The fourth-order valence-electron chi connectivity index (χ4n) is 12.7. The molecule has 4 fully saturated rings. The Morgan fingerprint density at radius 3 is 2.34 bits per heavy atom. The van der Waals surface area contributed by atoms with Crippen molar-refractivity contribution < 1.29 is 67.2 Å². The highest BCUT2D eigenvalue weighted by molar-refractivity contribution is 6.01. The van der Waals surface area contributed by atoms with Gasteiger partial charge < -0.3 is 40.9 Å². The number of fused-ring (bicyclic) bond motifs is 7. The smallest absolute Gasteiger partial charge is 0.411 e. The second-order valence-electron chi connectivity index (χ2n) is 20.3. The van der Waals surface area contributed by atoms with E-state index in [1.807, 2.05) is 43.3 Å². The van der Waals surface area contributed by atoms with Crippen LogP contribution in [-0.4, -0.2) is 114 Å². The van der Waals surface area contributed by atoms with Crippen molar-refractivity contribution in [3.63, 3.8) is 0 Å². The van der Waals surface area contributed by atoms with Gasteiger partial charge in [0.2, 0.25) is 17.7 Å². The third-order valence-corrected chi connectivity index (χ3v) is 16.2. The number of carbonyl (C=O) groups is 7. The molecule has 4 amide bonds. The lowest BCUT2D eigenvalue weighted by atomic mass is 9.43. The average molecular weight is 1010 g/mol. The maximum Gasteiger partial charge on any atom is 0.411 e. The van der Waals surface area contributed by atoms with Gasteiger partial charge in [0.1, 0.15) is 32.0 Å². The number of allylic oxidation sites excluding steroid dienone is 4. The van der Waals surface area contributed by atoms with Gasteiger partial charge in [0.05, 0.1) is 18.1 Å². The number of alkyl halides is 2. The van der Waals surface area contributed by atoms with Crippen LogP contribution < -0.4 is 32.1 Å². The van der Waals surface area contributed by atoms with E-state index in [1.54, 1.807) is 43.3 Å². The molecule has 1 aliphatic heterocycles. The maximum absolute atomic E-state index is 17.8. The van der Waals surface area contributed by atoms with Crippen LogP contribution in [-0.2, 0) is 51.4 Å². The Labute approximate surface area is 419 Å². The highest BCUT2D eigenvalue weighted by Gasteiger charge is 2.78. The Bertz CT molecular complexity index is 2720. The average Bonchev–Trinajstić information content (AvgIpc) is 3.86. The number of ketones is 2. The highest BCUT2D eigenvalue weighted by atomic mass is 19.1. The van der Waals surface area contributed by atoms with Gasteiger partial charge in [0.25, 0.3) is 0 Å². The van der Waals surface area contributed by atoms with E-state index in [0.717, 1.165) is 22.9 Å². The predicted molar refractivity (Wildman–Crippen MR) is 261 cm³/mol. The van der Waals surface area contributed by atoms with Crippen molar-refractivity contribution in [1.82, 2.24) is 10.6 Å². The summed E-state index contributed by atoms with van der Waals surface area (Å²) in [6.45, 7) is 2.34. The zero-order chi connectivity index (χ0) is 52.5. The summed E-state index contributed by atoms with van der Waals surface area (Å²) in [6, 6.07) is 20.2. The van der Waals surface area contributed by atoms with Crippen LogP contribution in [0.1, 0.15) is 62.6 Å². The van der Waals surface area contributed by atoms with Crippen molar-refractivity contribution in [3.8, 4) is 0 Å². The molecule has 1 saturated heterocycles. The summed E-state index contributed by atoms with van der Waals surface area (Å²) in [7, 11) is 0. The fraction of sp³-hybridized carbons (Fsp3) is 0.453. The number of Topliss-reactive ketones (excluding diaryl/α,β-unsaturated/α-hetero) is 1. The molecule has 1 heterocycles. The van der Waals surface area contributed by atoms with Gasteiger partial charge in [-0.2, -0.15) is 0 Å². The van der Waals surface area contributed by atoms with E-state index in [0.29, 0.717) is 36.3 Å². The zero-order valence-corrected chi connectivity index (χ0v) is 40.4. The van der Waals surface area contributed by atoms with Gasteiger partial charge in [-0.3, -0.25) is 38.9 Å². The minimum absolute atomic E-state index is 0.0467. The second kappa shape index (κ2) is 20.9. The number of carboxylic acids is 1. The Kier molecular flexibility index (Phi) is 15.0. The first-order chi connectivity index (χ1) is 34.7. The molecule has 0 aromatic heterocycles. The number of aliphatic hydroxyl groups is 2. The molecule has 18 nitrogen and oxygen atoms in total. The van der Waals surface area contributed by atoms with Crippen molar-refractivity contribution in [2.24, 2.45) is 39.9 Å². The Morgan fingerprint density at radius 2 is 1.64 bits per heavy atom. The minimum atomic E-state index is -2.27. The lowest BCUT2D eigenvalue weighted by Crippen LogP contribution is -2.69. The number of benzene rings is 3. The summed E-state index contributed by atoms with van der Waals surface area (Å²) >= 11 is 0. The molecule has 5 aliphatic rings. The molecular formula is C53H60F2N6O12. The number of amides is 4. The van der Waals surface area contributed by atoms with Gasteiger partial charge in [-0.05, 0) is 127 Å². The molecular weight excluding hydrogens is 951 g/mol. The first kappa shape index (κ1) is 52.5. The number of halogens is 2. The zero-order valence-electron chi connectivity index (χ0n) is 40.4. The largest absolute Gasteiger partial charge is 0.481 e. The Hall–Kier alpha value is -6.87. The van der Waals surface area contributed by atoms with Gasteiger partial charge >= 0.3 is 12.1 Å². The van der Waals surface area contributed by atoms with Gasteiger partial charge in [-0.1, -0.05) is 49.4 Å². The summed E-state index contributed by atoms with van der Waals surface area (Å²) < 4.78 is 39.3. The number of nitrogens with zero attached hydrogens (tertiary/aromatic N) is 1. The van der Waals surface area contributed by atoms with Crippen LogP contribution in [0.3, 0.4) is 0 Å². The van der Waals surface area contributed by atoms with Crippen molar-refractivity contribution in [3.05, 3.63) is 113 Å². The number of aliphatic carboxylic acids is 1. The van der Waals surface area contributed by atoms with Crippen molar-refractivity contribution in [2.75, 3.05) is 48.4 Å². The molecule has 0 bridgehead atoms. The molecule has 20 heteroatoms. The summed E-state index contributed by atoms with van der Waals surface area (Å²) in [5, 5.41) is 41.5. The first-order valence-electron chi connectivity index (χ1n) is 24.2. The standard InChI is InChI=1S/C53H60F2N6O12/c1-50-17-16-37(63)21-40(50)41(54)22-39-38-20-33-25-61(29-52(33,44(65)26-62)51(38,2)23-43(64)53(39,50)55)36-12-8-30(9-13-36)18-32-4-3-5-35(19-32)59-49(71)72-27-31-6-10-34(11-7-31)58-48(70)42(14-15-47(68)69)60-45(66)24-57-46(67)28-73-56/h3-13,16-17,19,21,33,38-39,41-43,62,64H,14-15,18,20,22-29,56H2,1-2H3,(H,57,67)(H,58,70)(H,59,71)(H,60,66)(H,68,69)/t33-,38-,39-,41-,42-,43-,50-,51-,52+,53-/m0/s1. The molecule has 4 aliphatic carbocycles. The molecule has 9 N–H and O–H groups in total. The number of nitrogens with two attached hydrogens (primary N) is 1. The SMILES string of the molecule is C[C@]12C=CC(=O)C=C1[C@@H](F)C[C@H]1[C@@H]3C[C@H]4CN(c5ccc(Cc6cccc(NC(=O)OCc7ccc(NC(=O)[C@H](CCC(=O)O)NC(=O)CNC(=O)CON)cc7)c6)cc5)C[C@@]4(C(=O)CO)[C@@]3(C)C[C@H](O)[C@@]12F. The lowest BCUT2D eigenvalue weighted by Gasteiger charge is -2.63. The monoisotopic (exact) mass is 1010 g/mol. The quantitative estimate of drug-likeness (QED) is 0.0829. The molecule has 0 unspecified atom stereocenters. The molecule has 388 valence electrons. The van der Waals surface area contributed by atoms with E-state index in [2.05, 4.69) is 31.0 Å². The predicted octanol–water partition coefficient (Wildman–Crippen LogP) is 4.23. The highest BCUT2D eigenvalue weighted by Crippen LogP contribution is 2.74. The number of carboxylic acid groups (broad SMARTS) is 1. The molecule has 3 saturated carbocycles. The summed E-state index contributed by atoms with van der Waals surface area (Å²) in [4.78, 5) is 93.6. The molecule has 0 radical (unpaired) electrons. The van der Waals surface area contributed by atoms with Crippen LogP contribution >= 0.6 is 0 Å². The Morgan fingerprint density at radius 1 is 0.918 bits per heavy atom. The van der Waals surface area contributed by atoms with E-state index >= 15 is 8.78 Å². The number of carbonyl (C=O) groups excluding carboxylic acids is 6. The number of rotatable bonds is 18. The molecule has 8 rings (SSSR count). The molecule has 10 atom stereocenters. The van der Waals surface area contributed by atoms with Gasteiger partial charge in [0.15, 0.2) is 17.2 Å². The summed E-state index contributed by atoms with van der Waals surface area (Å²) in [6.07, 6.45) is -0.0158. The number of anilines is 3.